The van der Waals surface area contributed by atoms with Crippen molar-refractivity contribution in [3.8, 4) is 5.88 Å². The fraction of sp³-hybridized carbons (Fsp3) is 0.438. The molecule has 22 heavy (non-hydrogen) atoms. The lowest BCUT2D eigenvalue weighted by molar-refractivity contribution is 0.0922. The van der Waals surface area contributed by atoms with Crippen molar-refractivity contribution in [1.29, 1.82) is 0 Å². The molecule has 0 bridgehead atoms. The van der Waals surface area contributed by atoms with Crippen molar-refractivity contribution in [3.63, 3.8) is 0 Å². The Morgan fingerprint density at radius 3 is 2.82 bits per heavy atom. The zero-order valence-corrected chi connectivity index (χ0v) is 12.5. The van der Waals surface area contributed by atoms with Gasteiger partial charge in [0, 0.05) is 12.2 Å². The maximum absolute atomic E-state index is 12.4. The number of amides is 1. The van der Waals surface area contributed by atoms with Gasteiger partial charge in [-0.2, -0.15) is 4.98 Å². The molecule has 2 aromatic heterocycles. The summed E-state index contributed by atoms with van der Waals surface area (Å²) in [5, 5.41) is 12.8. The molecule has 3 rings (SSSR count). The van der Waals surface area contributed by atoms with E-state index in [1.807, 2.05) is 6.92 Å². The van der Waals surface area contributed by atoms with Crippen LogP contribution in [-0.2, 0) is 0 Å². The number of fused-ring (bicyclic) bond motifs is 1. The van der Waals surface area contributed by atoms with Crippen LogP contribution in [0.4, 0.5) is 0 Å². The van der Waals surface area contributed by atoms with Crippen LogP contribution in [0.1, 0.15) is 48.0 Å². The first kappa shape index (κ1) is 14.6. The smallest absolute Gasteiger partial charge is 0.274 e. The van der Waals surface area contributed by atoms with Crippen LogP contribution in [0.15, 0.2) is 23.1 Å². The summed E-state index contributed by atoms with van der Waals surface area (Å²) in [5.41, 5.74) is 0.421. The number of hydrogen-bond donors (Lipinski definition) is 2. The Hall–Kier alpha value is -2.37. The van der Waals surface area contributed by atoms with Gasteiger partial charge in [0.2, 0.25) is 5.88 Å². The average Bonchev–Trinajstić information content (AvgIpc) is 2.47. The third-order valence-corrected chi connectivity index (χ3v) is 4.13. The van der Waals surface area contributed by atoms with Gasteiger partial charge < -0.3 is 10.4 Å². The summed E-state index contributed by atoms with van der Waals surface area (Å²) < 4.78 is 1.28. The van der Waals surface area contributed by atoms with Crippen LogP contribution in [0.2, 0.25) is 0 Å². The first-order valence-electron chi connectivity index (χ1n) is 7.59. The average molecular weight is 301 g/mol. The molecular formula is C16H19N3O3. The van der Waals surface area contributed by atoms with E-state index < -0.39 is 17.3 Å². The van der Waals surface area contributed by atoms with Gasteiger partial charge in [-0.05, 0) is 37.5 Å². The molecule has 2 N–H and O–H groups in total. The molecule has 6 nitrogen and oxygen atoms in total. The predicted octanol–water partition coefficient (Wildman–Crippen LogP) is 1.77. The van der Waals surface area contributed by atoms with Gasteiger partial charge in [-0.3, -0.25) is 14.0 Å². The molecule has 2 aromatic rings. The van der Waals surface area contributed by atoms with Gasteiger partial charge in [-0.1, -0.05) is 19.3 Å². The summed E-state index contributed by atoms with van der Waals surface area (Å²) in [6, 6.07) is 3.51. The minimum atomic E-state index is -0.546. The van der Waals surface area contributed by atoms with E-state index >= 15 is 0 Å². The van der Waals surface area contributed by atoms with Gasteiger partial charge in [-0.25, -0.2) is 0 Å². The second-order valence-electron chi connectivity index (χ2n) is 5.86. The summed E-state index contributed by atoms with van der Waals surface area (Å²) in [4.78, 5) is 28.8. The highest BCUT2D eigenvalue weighted by atomic mass is 16.3. The van der Waals surface area contributed by atoms with Crippen LogP contribution >= 0.6 is 0 Å². The molecular weight excluding hydrogens is 282 g/mol. The van der Waals surface area contributed by atoms with Crippen LogP contribution in [0.3, 0.4) is 0 Å². The molecule has 1 fully saturated rings. The zero-order valence-electron chi connectivity index (χ0n) is 12.5. The molecule has 0 unspecified atom stereocenters. The van der Waals surface area contributed by atoms with Crippen LogP contribution in [0, 0.1) is 6.92 Å². The number of carbonyl (C=O) groups is 1. The van der Waals surface area contributed by atoms with Crippen LogP contribution in [0.5, 0.6) is 5.88 Å². The maximum atomic E-state index is 12.4. The van der Waals surface area contributed by atoms with Crippen LogP contribution in [0.25, 0.3) is 5.65 Å². The summed E-state index contributed by atoms with van der Waals surface area (Å²) in [7, 11) is 0. The van der Waals surface area contributed by atoms with E-state index in [9.17, 15) is 14.7 Å². The van der Waals surface area contributed by atoms with Crippen molar-refractivity contribution in [3.05, 3.63) is 39.8 Å². The lowest BCUT2D eigenvalue weighted by Crippen LogP contribution is -2.39. The molecule has 1 aliphatic rings. The highest BCUT2D eigenvalue weighted by Crippen LogP contribution is 2.19. The summed E-state index contributed by atoms with van der Waals surface area (Å²) in [6.45, 7) is 1.87. The number of hydrogen-bond acceptors (Lipinski definition) is 4. The SMILES string of the molecule is Cc1ccn2c(=O)c(C(=O)NC3CCCCC3)c(O)nc2c1. The number of aromatic hydroxyl groups is 1. The van der Waals surface area contributed by atoms with E-state index in [2.05, 4.69) is 10.3 Å². The largest absolute Gasteiger partial charge is 0.493 e. The minimum Gasteiger partial charge on any atom is -0.493 e. The van der Waals surface area contributed by atoms with Gasteiger partial charge >= 0.3 is 0 Å². The molecule has 0 aliphatic heterocycles. The maximum Gasteiger partial charge on any atom is 0.274 e. The van der Waals surface area contributed by atoms with Crippen molar-refractivity contribution in [2.45, 2.75) is 45.1 Å². The van der Waals surface area contributed by atoms with E-state index in [4.69, 9.17) is 0 Å². The van der Waals surface area contributed by atoms with Crippen LogP contribution in [-0.4, -0.2) is 26.4 Å². The Bertz CT molecular complexity index is 776. The Morgan fingerprint density at radius 2 is 2.09 bits per heavy atom. The van der Waals surface area contributed by atoms with E-state index in [0.29, 0.717) is 5.65 Å². The van der Waals surface area contributed by atoms with E-state index in [1.165, 1.54) is 10.8 Å². The molecule has 1 aliphatic carbocycles. The predicted molar refractivity (Wildman–Crippen MR) is 82.2 cm³/mol. The lowest BCUT2D eigenvalue weighted by atomic mass is 9.95. The number of aryl methyl sites for hydroxylation is 1. The van der Waals surface area contributed by atoms with Gasteiger partial charge in [0.25, 0.3) is 11.5 Å². The lowest BCUT2D eigenvalue weighted by Gasteiger charge is -2.22. The van der Waals surface area contributed by atoms with Gasteiger partial charge in [-0.15, -0.1) is 0 Å². The molecule has 1 saturated carbocycles. The molecule has 0 aromatic carbocycles. The Balaban J connectivity index is 1.97. The fourth-order valence-corrected chi connectivity index (χ4v) is 2.93. The third kappa shape index (κ3) is 2.68. The number of nitrogens with one attached hydrogen (secondary N) is 1. The van der Waals surface area contributed by atoms with Gasteiger partial charge in [0.05, 0.1) is 0 Å². The van der Waals surface area contributed by atoms with Crippen molar-refractivity contribution in [2.24, 2.45) is 0 Å². The van der Waals surface area contributed by atoms with Crippen molar-refractivity contribution in [1.82, 2.24) is 14.7 Å². The third-order valence-electron chi connectivity index (χ3n) is 4.13. The number of rotatable bonds is 2. The Morgan fingerprint density at radius 1 is 1.36 bits per heavy atom. The summed E-state index contributed by atoms with van der Waals surface area (Å²) in [6.07, 6.45) is 6.71. The number of pyridine rings is 1. The molecule has 0 atom stereocenters. The van der Waals surface area contributed by atoms with Crippen LogP contribution < -0.4 is 10.9 Å². The molecule has 0 radical (unpaired) electrons. The highest BCUT2D eigenvalue weighted by Gasteiger charge is 2.23. The van der Waals surface area contributed by atoms with Gasteiger partial charge in [0.15, 0.2) is 5.56 Å². The van der Waals surface area contributed by atoms with Crippen molar-refractivity contribution < 1.29 is 9.90 Å². The van der Waals surface area contributed by atoms with E-state index in [0.717, 1.165) is 31.2 Å². The fourth-order valence-electron chi connectivity index (χ4n) is 2.93. The number of nitrogens with zero attached hydrogens (tertiary/aromatic N) is 2. The molecule has 6 heteroatoms. The first-order valence-corrected chi connectivity index (χ1v) is 7.59. The highest BCUT2D eigenvalue weighted by molar-refractivity contribution is 5.96. The standard InChI is InChI=1S/C16H19N3O3/c1-10-7-8-19-12(9-10)18-15(21)13(16(19)22)14(20)17-11-5-3-2-4-6-11/h7-9,11,21H,2-6H2,1H3,(H,17,20). The molecule has 116 valence electrons. The van der Waals surface area contributed by atoms with Gasteiger partial charge in [0.1, 0.15) is 5.65 Å². The first-order chi connectivity index (χ1) is 10.6. The molecule has 1 amide bonds. The van der Waals surface area contributed by atoms with E-state index in [1.54, 1.807) is 18.3 Å². The quantitative estimate of drug-likeness (QED) is 0.885. The zero-order chi connectivity index (χ0) is 15.7. The molecule has 0 saturated heterocycles. The van der Waals surface area contributed by atoms with Crippen molar-refractivity contribution in [2.75, 3.05) is 0 Å². The Labute approximate surface area is 127 Å². The normalized spacial score (nSPS) is 15.9. The molecule has 2 heterocycles. The van der Waals surface area contributed by atoms with Crippen molar-refractivity contribution >= 4 is 11.6 Å². The topological polar surface area (TPSA) is 83.7 Å². The second-order valence-corrected chi connectivity index (χ2v) is 5.86. The molecule has 0 spiro atoms. The Kier molecular flexibility index (Phi) is 3.83. The van der Waals surface area contributed by atoms with E-state index in [-0.39, 0.29) is 11.6 Å². The second kappa shape index (κ2) is 5.79. The number of carbonyl (C=O) groups excluding carboxylic acids is 1. The minimum absolute atomic E-state index is 0.0683. The summed E-state index contributed by atoms with van der Waals surface area (Å²) >= 11 is 0. The number of aromatic nitrogens is 2. The monoisotopic (exact) mass is 301 g/mol. The summed E-state index contributed by atoms with van der Waals surface area (Å²) in [5.74, 6) is -1.05.